The zero-order valence-corrected chi connectivity index (χ0v) is 12.1. The number of benzene rings is 2. The second-order valence-electron chi connectivity index (χ2n) is 5.20. The first-order valence-corrected chi connectivity index (χ1v) is 7.01. The predicted octanol–water partition coefficient (Wildman–Crippen LogP) is 2.43. The normalized spacial score (nSPS) is 12.6. The number of hydrogen-bond acceptors (Lipinski definition) is 5. The monoisotopic (exact) mass is 294 g/mol. The Morgan fingerprint density at radius 3 is 2.73 bits per heavy atom. The van der Waals surface area contributed by atoms with E-state index >= 15 is 0 Å². The third-order valence-electron chi connectivity index (χ3n) is 3.52. The molecule has 6 nitrogen and oxygen atoms in total. The molecule has 0 amide bonds. The highest BCUT2D eigenvalue weighted by Crippen LogP contribution is 2.32. The Bertz CT molecular complexity index is 811. The fourth-order valence-corrected chi connectivity index (χ4v) is 2.33. The Morgan fingerprint density at radius 1 is 1.05 bits per heavy atom. The van der Waals surface area contributed by atoms with Crippen LogP contribution in [-0.4, -0.2) is 27.0 Å². The first-order valence-electron chi connectivity index (χ1n) is 7.01. The van der Waals surface area contributed by atoms with Gasteiger partial charge in [0.25, 0.3) is 0 Å². The van der Waals surface area contributed by atoms with Crippen LogP contribution in [0, 0.1) is 6.92 Å². The number of aryl methyl sites for hydroxylation is 1. The summed E-state index contributed by atoms with van der Waals surface area (Å²) in [7, 11) is 0. The van der Waals surface area contributed by atoms with Crippen molar-refractivity contribution in [2.45, 2.75) is 13.5 Å². The standard InChI is InChI=1S/C16H14N4O2/c1-11-2-5-13(6-3-11)16-17-19-20(18-16)9-12-4-7-14-15(8-12)22-10-21-14/h2-8H,9-10H2,1H3. The Hall–Kier alpha value is -2.89. The molecule has 2 heterocycles. The second-order valence-corrected chi connectivity index (χ2v) is 5.20. The molecule has 1 aliphatic heterocycles. The molecule has 2 aromatic carbocycles. The van der Waals surface area contributed by atoms with Gasteiger partial charge in [-0.3, -0.25) is 0 Å². The number of nitrogens with zero attached hydrogens (tertiary/aromatic N) is 4. The highest BCUT2D eigenvalue weighted by atomic mass is 16.7. The van der Waals surface area contributed by atoms with Crippen molar-refractivity contribution < 1.29 is 9.47 Å². The molecule has 0 saturated heterocycles. The minimum atomic E-state index is 0.276. The number of aromatic nitrogens is 4. The molecule has 4 rings (SSSR count). The molecule has 0 N–H and O–H groups in total. The van der Waals surface area contributed by atoms with Crippen molar-refractivity contribution in [3.8, 4) is 22.9 Å². The van der Waals surface area contributed by atoms with E-state index in [0.717, 1.165) is 22.6 Å². The molecule has 0 spiro atoms. The van der Waals surface area contributed by atoms with Gasteiger partial charge in [0.2, 0.25) is 12.6 Å². The Labute approximate surface area is 127 Å². The van der Waals surface area contributed by atoms with Gasteiger partial charge in [-0.25, -0.2) is 0 Å². The lowest BCUT2D eigenvalue weighted by Gasteiger charge is -2.01. The van der Waals surface area contributed by atoms with Gasteiger partial charge >= 0.3 is 0 Å². The molecule has 0 radical (unpaired) electrons. The van der Waals surface area contributed by atoms with E-state index in [0.29, 0.717) is 12.4 Å². The summed E-state index contributed by atoms with van der Waals surface area (Å²) in [6.07, 6.45) is 0. The third-order valence-corrected chi connectivity index (χ3v) is 3.52. The maximum absolute atomic E-state index is 5.37. The Balaban J connectivity index is 1.55. The van der Waals surface area contributed by atoms with Gasteiger partial charge in [-0.15, -0.1) is 10.2 Å². The minimum Gasteiger partial charge on any atom is -0.454 e. The Kier molecular flexibility index (Phi) is 3.00. The summed E-state index contributed by atoms with van der Waals surface area (Å²) >= 11 is 0. The number of rotatable bonds is 3. The lowest BCUT2D eigenvalue weighted by Crippen LogP contribution is -2.04. The van der Waals surface area contributed by atoms with E-state index in [9.17, 15) is 0 Å². The molecule has 0 bridgehead atoms. The third kappa shape index (κ3) is 2.39. The highest BCUT2D eigenvalue weighted by Gasteiger charge is 2.14. The maximum Gasteiger partial charge on any atom is 0.231 e. The van der Waals surface area contributed by atoms with Gasteiger partial charge in [0.15, 0.2) is 11.5 Å². The van der Waals surface area contributed by atoms with Crippen molar-refractivity contribution in [2.24, 2.45) is 0 Å². The van der Waals surface area contributed by atoms with Crippen LogP contribution in [0.15, 0.2) is 42.5 Å². The molecular formula is C16H14N4O2. The molecule has 0 aliphatic carbocycles. The summed E-state index contributed by atoms with van der Waals surface area (Å²) in [4.78, 5) is 1.58. The number of tetrazole rings is 1. The fraction of sp³-hybridized carbons (Fsp3) is 0.188. The van der Waals surface area contributed by atoms with E-state index in [2.05, 4.69) is 15.4 Å². The molecule has 3 aromatic rings. The first-order chi connectivity index (χ1) is 10.8. The van der Waals surface area contributed by atoms with Crippen LogP contribution in [0.4, 0.5) is 0 Å². The van der Waals surface area contributed by atoms with Crippen LogP contribution in [0.3, 0.4) is 0 Å². The van der Waals surface area contributed by atoms with Crippen LogP contribution in [0.5, 0.6) is 11.5 Å². The van der Waals surface area contributed by atoms with E-state index in [1.165, 1.54) is 5.56 Å². The summed E-state index contributed by atoms with van der Waals surface area (Å²) in [5, 5.41) is 12.6. The topological polar surface area (TPSA) is 62.1 Å². The molecule has 0 atom stereocenters. The fourth-order valence-electron chi connectivity index (χ4n) is 2.33. The van der Waals surface area contributed by atoms with E-state index in [-0.39, 0.29) is 6.79 Å². The van der Waals surface area contributed by atoms with E-state index in [1.54, 1.807) is 4.80 Å². The second kappa shape index (κ2) is 5.14. The average molecular weight is 294 g/mol. The van der Waals surface area contributed by atoms with Gasteiger partial charge in [-0.2, -0.15) is 4.80 Å². The van der Waals surface area contributed by atoms with Crippen molar-refractivity contribution in [1.29, 1.82) is 0 Å². The van der Waals surface area contributed by atoms with E-state index < -0.39 is 0 Å². The summed E-state index contributed by atoms with van der Waals surface area (Å²) in [6.45, 7) is 2.86. The molecule has 0 saturated carbocycles. The summed E-state index contributed by atoms with van der Waals surface area (Å²) in [5.41, 5.74) is 3.20. The van der Waals surface area contributed by atoms with Gasteiger partial charge in [0.1, 0.15) is 0 Å². The average Bonchev–Trinajstić information content (AvgIpc) is 3.17. The number of ether oxygens (including phenoxy) is 2. The molecule has 6 heteroatoms. The van der Waals surface area contributed by atoms with Crippen LogP contribution in [0.25, 0.3) is 11.4 Å². The molecule has 1 aromatic heterocycles. The lowest BCUT2D eigenvalue weighted by molar-refractivity contribution is 0.174. The van der Waals surface area contributed by atoms with Crippen molar-refractivity contribution in [2.75, 3.05) is 6.79 Å². The van der Waals surface area contributed by atoms with Crippen molar-refractivity contribution in [3.05, 3.63) is 53.6 Å². The van der Waals surface area contributed by atoms with Crippen LogP contribution in [-0.2, 0) is 6.54 Å². The Morgan fingerprint density at radius 2 is 1.86 bits per heavy atom. The van der Waals surface area contributed by atoms with Crippen LogP contribution < -0.4 is 9.47 Å². The minimum absolute atomic E-state index is 0.276. The number of hydrogen-bond donors (Lipinski definition) is 0. The summed E-state index contributed by atoms with van der Waals surface area (Å²) < 4.78 is 10.7. The zero-order chi connectivity index (χ0) is 14.9. The van der Waals surface area contributed by atoms with Gasteiger partial charge in [0, 0.05) is 5.56 Å². The van der Waals surface area contributed by atoms with E-state index in [4.69, 9.17) is 9.47 Å². The zero-order valence-electron chi connectivity index (χ0n) is 12.1. The maximum atomic E-state index is 5.37. The molecule has 110 valence electrons. The van der Waals surface area contributed by atoms with Gasteiger partial charge in [-0.1, -0.05) is 35.9 Å². The highest BCUT2D eigenvalue weighted by molar-refractivity contribution is 5.54. The molecule has 0 unspecified atom stereocenters. The molecule has 22 heavy (non-hydrogen) atoms. The van der Waals surface area contributed by atoms with Crippen molar-refractivity contribution >= 4 is 0 Å². The number of fused-ring (bicyclic) bond motifs is 1. The van der Waals surface area contributed by atoms with E-state index in [1.807, 2.05) is 49.4 Å². The van der Waals surface area contributed by atoms with Crippen LogP contribution in [0.2, 0.25) is 0 Å². The molecule has 1 aliphatic rings. The van der Waals surface area contributed by atoms with Crippen LogP contribution >= 0.6 is 0 Å². The smallest absolute Gasteiger partial charge is 0.231 e. The quantitative estimate of drug-likeness (QED) is 0.742. The summed E-state index contributed by atoms with van der Waals surface area (Å²) in [6, 6.07) is 13.9. The van der Waals surface area contributed by atoms with Crippen molar-refractivity contribution in [3.63, 3.8) is 0 Å². The first kappa shape index (κ1) is 12.8. The molecule has 0 fully saturated rings. The van der Waals surface area contributed by atoms with Gasteiger partial charge < -0.3 is 9.47 Å². The molecular weight excluding hydrogens is 280 g/mol. The van der Waals surface area contributed by atoms with Crippen LogP contribution in [0.1, 0.15) is 11.1 Å². The predicted molar refractivity (Wildman–Crippen MR) is 79.7 cm³/mol. The summed E-state index contributed by atoms with van der Waals surface area (Å²) in [5.74, 6) is 2.16. The van der Waals surface area contributed by atoms with Crippen molar-refractivity contribution in [1.82, 2.24) is 20.2 Å². The van der Waals surface area contributed by atoms with Gasteiger partial charge in [0.05, 0.1) is 6.54 Å². The van der Waals surface area contributed by atoms with Gasteiger partial charge in [-0.05, 0) is 29.8 Å². The SMILES string of the molecule is Cc1ccc(-c2nnn(Cc3ccc4c(c3)OCO4)n2)cc1. The lowest BCUT2D eigenvalue weighted by atomic mass is 10.1. The largest absolute Gasteiger partial charge is 0.454 e.